The Labute approximate surface area is 103 Å². The van der Waals surface area contributed by atoms with Crippen molar-refractivity contribution in [3.05, 3.63) is 0 Å². The first-order chi connectivity index (χ1) is 6.53. The minimum absolute atomic E-state index is 0.0153. The van der Waals surface area contributed by atoms with Gasteiger partial charge < -0.3 is 4.90 Å². The Morgan fingerprint density at radius 3 is 2.27 bits per heavy atom. The molecule has 0 rings (SSSR count). The molecule has 4 nitrogen and oxygen atoms in total. The van der Waals surface area contributed by atoms with E-state index in [2.05, 4.69) is 17.4 Å². The Kier molecular flexibility index (Phi) is 5.52. The van der Waals surface area contributed by atoms with Crippen molar-refractivity contribution >= 4 is 39.2 Å². The second kappa shape index (κ2) is 5.47. The summed E-state index contributed by atoms with van der Waals surface area (Å²) in [4.78, 5) is 1.61. The molecule has 0 saturated carbocycles. The molecule has 0 aromatic rings. The van der Waals surface area contributed by atoms with Gasteiger partial charge in [0.1, 0.15) is 4.32 Å². The van der Waals surface area contributed by atoms with Gasteiger partial charge in [-0.15, -0.1) is 12.6 Å². The third kappa shape index (κ3) is 8.01. The molecule has 1 N–H and O–H groups in total. The van der Waals surface area contributed by atoms with Gasteiger partial charge in [-0.2, -0.15) is 0 Å². The Hall–Kier alpha value is 0.150. The summed E-state index contributed by atoms with van der Waals surface area (Å²) < 4.78 is 26.1. The molecule has 0 aliphatic carbocycles. The van der Waals surface area contributed by atoms with Crippen LogP contribution in [0.2, 0.25) is 0 Å². The molecule has 0 aromatic carbocycles. The number of sulfonamides is 1. The zero-order valence-electron chi connectivity index (χ0n) is 9.44. The summed E-state index contributed by atoms with van der Waals surface area (Å²) in [6.07, 6.45) is 0. The van der Waals surface area contributed by atoms with Gasteiger partial charge in [0, 0.05) is 19.1 Å². The molecule has 7 heteroatoms. The lowest BCUT2D eigenvalue weighted by molar-refractivity contribution is 0.483. The van der Waals surface area contributed by atoms with Gasteiger partial charge in [0.25, 0.3) is 0 Å². The zero-order valence-corrected chi connectivity index (χ0v) is 12.0. The van der Waals surface area contributed by atoms with Crippen LogP contribution < -0.4 is 4.72 Å². The summed E-state index contributed by atoms with van der Waals surface area (Å²) in [6.45, 7) is 5.75. The predicted octanol–water partition coefficient (Wildman–Crippen LogP) is 0.851. The van der Waals surface area contributed by atoms with Gasteiger partial charge in [-0.1, -0.05) is 12.2 Å². The lowest BCUT2D eigenvalue weighted by atomic mass is 10.1. The molecule has 0 radical (unpaired) electrons. The molecular weight excluding hydrogens is 252 g/mol. The standard InChI is InChI=1S/C8H18N2O2S3/c1-8(2,3)9-15(11,12)6-5-10(4)7(13)14/h9H,5-6H2,1-4H3,(H,13,14). The second-order valence-corrected chi connectivity index (χ2v) is 7.33. The highest BCUT2D eigenvalue weighted by molar-refractivity contribution is 8.10. The Morgan fingerprint density at radius 1 is 1.47 bits per heavy atom. The van der Waals surface area contributed by atoms with Gasteiger partial charge in [0.2, 0.25) is 10.0 Å². The number of rotatable bonds is 4. The zero-order chi connectivity index (χ0) is 12.3. The van der Waals surface area contributed by atoms with Crippen LogP contribution in [0.25, 0.3) is 0 Å². The first kappa shape index (κ1) is 15.2. The minimum atomic E-state index is -3.25. The molecule has 0 heterocycles. The molecule has 0 aliphatic rings. The number of hydrogen-bond acceptors (Lipinski definition) is 3. The van der Waals surface area contributed by atoms with Crippen molar-refractivity contribution in [3.63, 3.8) is 0 Å². The highest BCUT2D eigenvalue weighted by Crippen LogP contribution is 2.03. The number of thiocarbonyl (C=S) groups is 1. The third-order valence-electron chi connectivity index (χ3n) is 1.48. The Balaban J connectivity index is 4.24. The summed E-state index contributed by atoms with van der Waals surface area (Å²) >= 11 is 8.74. The molecule has 0 atom stereocenters. The summed E-state index contributed by atoms with van der Waals surface area (Å²) in [5.74, 6) is 0.0153. The van der Waals surface area contributed by atoms with Crippen LogP contribution in [0.4, 0.5) is 0 Å². The number of nitrogens with one attached hydrogen (secondary N) is 1. The van der Waals surface area contributed by atoms with E-state index in [1.165, 1.54) is 0 Å². The maximum absolute atomic E-state index is 11.6. The van der Waals surface area contributed by atoms with Gasteiger partial charge in [-0.05, 0) is 20.8 Å². The smallest absolute Gasteiger partial charge is 0.213 e. The molecule has 0 spiro atoms. The van der Waals surface area contributed by atoms with E-state index in [1.54, 1.807) is 32.7 Å². The van der Waals surface area contributed by atoms with E-state index < -0.39 is 15.6 Å². The van der Waals surface area contributed by atoms with Crippen molar-refractivity contribution in [2.75, 3.05) is 19.3 Å². The molecule has 90 valence electrons. The fourth-order valence-electron chi connectivity index (χ4n) is 0.870. The number of thiol groups is 1. The van der Waals surface area contributed by atoms with E-state index in [4.69, 9.17) is 12.2 Å². The molecule has 0 aliphatic heterocycles. The SMILES string of the molecule is CN(CCS(=O)(=O)NC(C)(C)C)C(=S)S. The number of nitrogens with zero attached hydrogens (tertiary/aromatic N) is 1. The average Bonchev–Trinajstić information content (AvgIpc) is 1.95. The molecule has 0 unspecified atom stereocenters. The maximum atomic E-state index is 11.6. The Bertz CT molecular complexity index is 319. The van der Waals surface area contributed by atoms with Crippen LogP contribution in [0.1, 0.15) is 20.8 Å². The highest BCUT2D eigenvalue weighted by atomic mass is 32.2. The van der Waals surface area contributed by atoms with Gasteiger partial charge >= 0.3 is 0 Å². The Morgan fingerprint density at radius 2 is 1.93 bits per heavy atom. The molecule has 15 heavy (non-hydrogen) atoms. The van der Waals surface area contributed by atoms with E-state index in [0.29, 0.717) is 10.9 Å². The molecule has 0 aromatic heterocycles. The molecule has 0 fully saturated rings. The van der Waals surface area contributed by atoms with E-state index in [9.17, 15) is 8.42 Å². The van der Waals surface area contributed by atoms with E-state index >= 15 is 0 Å². The van der Waals surface area contributed by atoms with Gasteiger partial charge in [-0.25, -0.2) is 13.1 Å². The van der Waals surface area contributed by atoms with E-state index in [-0.39, 0.29) is 5.75 Å². The summed E-state index contributed by atoms with van der Waals surface area (Å²) in [7, 11) is -1.54. The summed E-state index contributed by atoms with van der Waals surface area (Å²) in [5, 5.41) is 0. The lowest BCUT2D eigenvalue weighted by Gasteiger charge is -2.22. The molecule has 0 amide bonds. The van der Waals surface area contributed by atoms with Crippen LogP contribution in [0.3, 0.4) is 0 Å². The van der Waals surface area contributed by atoms with Gasteiger partial charge in [0.05, 0.1) is 5.75 Å². The lowest BCUT2D eigenvalue weighted by Crippen LogP contribution is -2.43. The van der Waals surface area contributed by atoms with Crippen LogP contribution in [0.15, 0.2) is 0 Å². The third-order valence-corrected chi connectivity index (χ3v) is 3.78. The highest BCUT2D eigenvalue weighted by Gasteiger charge is 2.20. The van der Waals surface area contributed by atoms with Crippen molar-refractivity contribution in [1.82, 2.24) is 9.62 Å². The maximum Gasteiger partial charge on any atom is 0.213 e. The van der Waals surface area contributed by atoms with Gasteiger partial charge in [-0.3, -0.25) is 0 Å². The fourth-order valence-corrected chi connectivity index (χ4v) is 2.61. The largest absolute Gasteiger partial charge is 0.360 e. The van der Waals surface area contributed by atoms with Crippen LogP contribution >= 0.6 is 24.8 Å². The van der Waals surface area contributed by atoms with Crippen molar-refractivity contribution < 1.29 is 8.42 Å². The number of hydrogen-bond donors (Lipinski definition) is 2. The monoisotopic (exact) mass is 270 g/mol. The average molecular weight is 270 g/mol. The molecular formula is C8H18N2O2S3. The molecule has 0 bridgehead atoms. The van der Waals surface area contributed by atoms with Crippen molar-refractivity contribution in [1.29, 1.82) is 0 Å². The fraction of sp³-hybridized carbons (Fsp3) is 0.875. The first-order valence-corrected chi connectivity index (χ1v) is 7.00. The van der Waals surface area contributed by atoms with Crippen LogP contribution in [-0.2, 0) is 10.0 Å². The second-order valence-electron chi connectivity index (χ2n) is 4.38. The summed E-state index contributed by atoms with van der Waals surface area (Å²) in [5.41, 5.74) is -0.446. The van der Waals surface area contributed by atoms with Crippen molar-refractivity contribution in [2.45, 2.75) is 26.3 Å². The topological polar surface area (TPSA) is 49.4 Å². The van der Waals surface area contributed by atoms with E-state index in [0.717, 1.165) is 0 Å². The van der Waals surface area contributed by atoms with Crippen LogP contribution in [-0.4, -0.2) is 42.5 Å². The molecule has 0 saturated heterocycles. The first-order valence-electron chi connectivity index (χ1n) is 4.49. The normalized spacial score (nSPS) is 12.6. The minimum Gasteiger partial charge on any atom is -0.360 e. The van der Waals surface area contributed by atoms with Crippen LogP contribution in [0.5, 0.6) is 0 Å². The van der Waals surface area contributed by atoms with Crippen molar-refractivity contribution in [2.24, 2.45) is 0 Å². The van der Waals surface area contributed by atoms with Crippen LogP contribution in [0, 0.1) is 0 Å². The quantitative estimate of drug-likeness (QED) is 0.587. The predicted molar refractivity (Wildman–Crippen MR) is 70.9 cm³/mol. The van der Waals surface area contributed by atoms with Crippen molar-refractivity contribution in [3.8, 4) is 0 Å². The van der Waals surface area contributed by atoms with Gasteiger partial charge in [0.15, 0.2) is 0 Å². The van der Waals surface area contributed by atoms with E-state index in [1.807, 2.05) is 0 Å². The summed E-state index contributed by atoms with van der Waals surface area (Å²) in [6, 6.07) is 0.